The number of anilines is 1. The third-order valence-electron chi connectivity index (χ3n) is 6.54. The second-order valence-corrected chi connectivity index (χ2v) is 9.10. The molecule has 2 aromatic carbocycles. The Balaban J connectivity index is 1.57. The lowest BCUT2D eigenvalue weighted by atomic mass is 10.0. The molecule has 37 heavy (non-hydrogen) atoms. The van der Waals surface area contributed by atoms with E-state index in [9.17, 15) is 4.79 Å². The quantitative estimate of drug-likeness (QED) is 0.362. The standard InChI is InChI=1S/C29H33N5O3/c1-3-37-27-10-9-21-7-8-22(17-24(21)28(27)31-19-20(2)18-30)25-5-4-6-26(33-25)29(36)32-23-11-13-34(14-12-23)15-16-35/h4-10,17,23,31,35H,2-3,11-16,19H2,1H3,(H,32,36). The predicted molar refractivity (Wildman–Crippen MR) is 146 cm³/mol. The van der Waals surface area contributed by atoms with Crippen molar-refractivity contribution in [2.45, 2.75) is 25.8 Å². The van der Waals surface area contributed by atoms with E-state index in [2.05, 4.69) is 33.2 Å². The average molecular weight is 500 g/mol. The van der Waals surface area contributed by atoms with Crippen molar-refractivity contribution in [1.82, 2.24) is 15.2 Å². The van der Waals surface area contributed by atoms with Crippen molar-refractivity contribution >= 4 is 22.4 Å². The van der Waals surface area contributed by atoms with Crippen molar-refractivity contribution in [3.8, 4) is 23.1 Å². The van der Waals surface area contributed by atoms with E-state index in [1.807, 2.05) is 49.4 Å². The van der Waals surface area contributed by atoms with Crippen molar-refractivity contribution in [1.29, 1.82) is 5.26 Å². The van der Waals surface area contributed by atoms with Crippen LogP contribution >= 0.6 is 0 Å². The van der Waals surface area contributed by atoms with E-state index in [1.54, 1.807) is 6.07 Å². The van der Waals surface area contributed by atoms with Gasteiger partial charge in [0.1, 0.15) is 11.4 Å². The first-order valence-corrected chi connectivity index (χ1v) is 12.6. The van der Waals surface area contributed by atoms with E-state index < -0.39 is 0 Å². The van der Waals surface area contributed by atoms with Gasteiger partial charge in [-0.25, -0.2) is 4.98 Å². The number of ether oxygens (including phenoxy) is 1. The Hall–Kier alpha value is -3.93. The molecule has 1 fully saturated rings. The summed E-state index contributed by atoms with van der Waals surface area (Å²) in [6.07, 6.45) is 1.71. The predicted octanol–water partition coefficient (Wildman–Crippen LogP) is 3.98. The van der Waals surface area contributed by atoms with E-state index in [4.69, 9.17) is 15.1 Å². The Kier molecular flexibility index (Phi) is 8.72. The fourth-order valence-corrected chi connectivity index (χ4v) is 4.58. The first-order valence-electron chi connectivity index (χ1n) is 12.6. The van der Waals surface area contributed by atoms with Crippen molar-refractivity contribution in [3.63, 3.8) is 0 Å². The fourth-order valence-electron chi connectivity index (χ4n) is 4.58. The Morgan fingerprint density at radius 1 is 1.24 bits per heavy atom. The highest BCUT2D eigenvalue weighted by molar-refractivity contribution is 5.99. The van der Waals surface area contributed by atoms with E-state index in [1.165, 1.54) is 0 Å². The van der Waals surface area contributed by atoms with Crippen LogP contribution in [0.5, 0.6) is 5.75 Å². The molecule has 0 unspecified atom stereocenters. The molecule has 0 spiro atoms. The van der Waals surface area contributed by atoms with Gasteiger partial charge in [-0.1, -0.05) is 30.8 Å². The minimum atomic E-state index is -0.181. The summed E-state index contributed by atoms with van der Waals surface area (Å²) in [5.74, 6) is 0.517. The minimum absolute atomic E-state index is 0.0994. The maximum Gasteiger partial charge on any atom is 0.270 e. The largest absolute Gasteiger partial charge is 0.492 e. The molecule has 192 valence electrons. The van der Waals surface area contributed by atoms with Gasteiger partial charge in [0, 0.05) is 48.7 Å². The normalized spacial score (nSPS) is 14.2. The molecule has 1 aliphatic heterocycles. The third-order valence-corrected chi connectivity index (χ3v) is 6.54. The van der Waals surface area contributed by atoms with Crippen LogP contribution in [0.3, 0.4) is 0 Å². The van der Waals surface area contributed by atoms with Crippen LogP contribution in [0.15, 0.2) is 60.7 Å². The first kappa shape index (κ1) is 26.1. The lowest BCUT2D eigenvalue weighted by Gasteiger charge is -2.31. The number of fused-ring (bicyclic) bond motifs is 1. The van der Waals surface area contributed by atoms with E-state index in [0.29, 0.717) is 42.4 Å². The molecule has 8 heteroatoms. The van der Waals surface area contributed by atoms with Crippen LogP contribution in [-0.2, 0) is 0 Å². The maximum atomic E-state index is 13.0. The number of nitrogens with zero attached hydrogens (tertiary/aromatic N) is 3. The molecule has 3 N–H and O–H groups in total. The Bertz CT molecular complexity index is 1310. The second kappa shape index (κ2) is 12.3. The molecular weight excluding hydrogens is 466 g/mol. The Labute approximate surface area is 217 Å². The fraction of sp³-hybridized carbons (Fsp3) is 0.345. The van der Waals surface area contributed by atoms with Gasteiger partial charge in [-0.2, -0.15) is 5.26 Å². The Morgan fingerprint density at radius 2 is 2.03 bits per heavy atom. The van der Waals surface area contributed by atoms with Crippen molar-refractivity contribution in [2.24, 2.45) is 0 Å². The van der Waals surface area contributed by atoms with Crippen molar-refractivity contribution in [2.75, 3.05) is 44.7 Å². The lowest BCUT2D eigenvalue weighted by Crippen LogP contribution is -2.45. The zero-order valence-corrected chi connectivity index (χ0v) is 21.2. The first-order chi connectivity index (χ1) is 18.0. The molecule has 4 rings (SSSR count). The molecule has 0 atom stereocenters. The second-order valence-electron chi connectivity index (χ2n) is 9.10. The number of hydrogen-bond acceptors (Lipinski definition) is 7. The summed E-state index contributed by atoms with van der Waals surface area (Å²) >= 11 is 0. The summed E-state index contributed by atoms with van der Waals surface area (Å²) in [4.78, 5) is 19.9. The number of hydrogen-bond donors (Lipinski definition) is 3. The van der Waals surface area contributed by atoms with Gasteiger partial charge >= 0.3 is 0 Å². The summed E-state index contributed by atoms with van der Waals surface area (Å²) in [6, 6.07) is 17.6. The number of β-amino-alcohol motifs (C(OH)–C–C–N with tert-alkyl or cyclic N) is 1. The number of carbonyl (C=O) groups excluding carboxylic acids is 1. The number of nitrogens with one attached hydrogen (secondary N) is 2. The van der Waals surface area contributed by atoms with Gasteiger partial charge < -0.3 is 25.4 Å². The lowest BCUT2D eigenvalue weighted by molar-refractivity contribution is 0.0898. The van der Waals surface area contributed by atoms with Crippen molar-refractivity contribution in [3.05, 3.63) is 66.4 Å². The molecular formula is C29H33N5O3. The number of aromatic nitrogens is 1. The zero-order chi connectivity index (χ0) is 26.2. The number of amides is 1. The van der Waals surface area contributed by atoms with Crippen LogP contribution < -0.4 is 15.4 Å². The topological polar surface area (TPSA) is 111 Å². The van der Waals surface area contributed by atoms with Crippen LogP contribution in [0.4, 0.5) is 5.69 Å². The van der Waals surface area contributed by atoms with Gasteiger partial charge in [0.25, 0.3) is 5.91 Å². The summed E-state index contributed by atoms with van der Waals surface area (Å²) in [7, 11) is 0. The van der Waals surface area contributed by atoms with E-state index in [-0.39, 0.29) is 18.6 Å². The molecule has 0 bridgehead atoms. The number of rotatable bonds is 10. The van der Waals surface area contributed by atoms with Crippen LogP contribution in [-0.4, -0.2) is 66.3 Å². The highest BCUT2D eigenvalue weighted by atomic mass is 16.5. The zero-order valence-electron chi connectivity index (χ0n) is 21.2. The van der Waals surface area contributed by atoms with E-state index in [0.717, 1.165) is 48.0 Å². The number of benzene rings is 2. The number of piperidine rings is 1. The maximum absolute atomic E-state index is 13.0. The van der Waals surface area contributed by atoms with E-state index >= 15 is 0 Å². The smallest absolute Gasteiger partial charge is 0.270 e. The number of likely N-dealkylation sites (tertiary alicyclic amines) is 1. The monoisotopic (exact) mass is 499 g/mol. The van der Waals surface area contributed by atoms with Crippen LogP contribution in [0, 0.1) is 11.3 Å². The van der Waals surface area contributed by atoms with Gasteiger partial charge in [-0.15, -0.1) is 0 Å². The van der Waals surface area contributed by atoms with Crippen LogP contribution in [0.25, 0.3) is 22.0 Å². The van der Waals surface area contributed by atoms with Gasteiger partial charge in [-0.05, 0) is 49.4 Å². The SMILES string of the molecule is C=C(C#N)CNc1c(OCC)ccc2ccc(-c3cccc(C(=O)NC4CCN(CCO)CC4)n3)cc12. The molecule has 3 aromatic rings. The number of nitriles is 1. The molecule has 1 saturated heterocycles. The number of pyridine rings is 1. The highest BCUT2D eigenvalue weighted by Crippen LogP contribution is 2.36. The molecule has 8 nitrogen and oxygen atoms in total. The van der Waals surface area contributed by atoms with Crippen LogP contribution in [0.2, 0.25) is 0 Å². The minimum Gasteiger partial charge on any atom is -0.492 e. The van der Waals surface area contributed by atoms with Gasteiger partial charge in [0.05, 0.1) is 30.7 Å². The summed E-state index contributed by atoms with van der Waals surface area (Å²) in [6.45, 7) is 9.06. The van der Waals surface area contributed by atoms with Crippen molar-refractivity contribution < 1.29 is 14.6 Å². The summed E-state index contributed by atoms with van der Waals surface area (Å²) < 4.78 is 5.84. The molecule has 0 radical (unpaired) electrons. The average Bonchev–Trinajstić information content (AvgIpc) is 2.93. The third kappa shape index (κ3) is 6.45. The summed E-state index contributed by atoms with van der Waals surface area (Å²) in [5, 5.41) is 26.6. The Morgan fingerprint density at radius 3 is 2.76 bits per heavy atom. The number of carbonyl (C=O) groups is 1. The number of aliphatic hydroxyl groups excluding tert-OH is 1. The summed E-state index contributed by atoms with van der Waals surface area (Å²) in [5.41, 5.74) is 3.16. The molecule has 0 aliphatic carbocycles. The van der Waals surface area contributed by atoms with Crippen LogP contribution in [0.1, 0.15) is 30.3 Å². The molecule has 1 amide bonds. The molecule has 2 heterocycles. The van der Waals surface area contributed by atoms with Gasteiger partial charge in [0.2, 0.25) is 0 Å². The van der Waals surface area contributed by atoms with Gasteiger partial charge in [-0.3, -0.25) is 4.79 Å². The van der Waals surface area contributed by atoms with Gasteiger partial charge in [0.15, 0.2) is 0 Å². The molecule has 1 aromatic heterocycles. The highest BCUT2D eigenvalue weighted by Gasteiger charge is 2.21. The number of aliphatic hydroxyl groups is 1. The molecule has 0 saturated carbocycles. The molecule has 1 aliphatic rings.